The van der Waals surface area contributed by atoms with Crippen LogP contribution >= 0.6 is 0 Å². The van der Waals surface area contributed by atoms with Crippen LogP contribution in [0, 0.1) is 0 Å². The van der Waals surface area contributed by atoms with E-state index in [-0.39, 0.29) is 0 Å². The third kappa shape index (κ3) is 26.2. The first-order chi connectivity index (χ1) is 18.3. The van der Waals surface area contributed by atoms with Crippen LogP contribution in [0.2, 0.25) is 18.1 Å². The Kier molecular flexibility index (Phi) is 27.0. The van der Waals surface area contributed by atoms with E-state index in [1.165, 1.54) is 167 Å². The fourth-order valence-electron chi connectivity index (χ4n) is 5.01. The van der Waals surface area contributed by atoms with Gasteiger partial charge in [0.25, 0.3) is 0 Å². The summed E-state index contributed by atoms with van der Waals surface area (Å²) in [5.74, 6) is 0. The molecular weight excluding hydrogens is 476 g/mol. The van der Waals surface area contributed by atoms with Gasteiger partial charge >= 0.3 is 0 Å². The summed E-state index contributed by atoms with van der Waals surface area (Å²) in [6.45, 7) is 15.0. The first-order valence-electron chi connectivity index (χ1n) is 17.6. The van der Waals surface area contributed by atoms with Gasteiger partial charge < -0.3 is 4.43 Å². The summed E-state index contributed by atoms with van der Waals surface area (Å²) in [4.78, 5) is 0. The van der Waals surface area contributed by atoms with E-state index in [9.17, 15) is 0 Å². The zero-order chi connectivity index (χ0) is 28.2. The topological polar surface area (TPSA) is 9.23 Å². The predicted molar refractivity (Wildman–Crippen MR) is 178 cm³/mol. The minimum atomic E-state index is -1.53. The molecule has 0 unspecified atom stereocenters. The lowest BCUT2D eigenvalue weighted by Crippen LogP contribution is -2.40. The van der Waals surface area contributed by atoms with Gasteiger partial charge in [0.1, 0.15) is 0 Å². The highest BCUT2D eigenvalue weighted by atomic mass is 28.4. The lowest BCUT2D eigenvalue weighted by atomic mass is 10.0. The number of hydrogen-bond donors (Lipinski definition) is 0. The van der Waals surface area contributed by atoms with Crippen LogP contribution in [0.15, 0.2) is 12.2 Å². The Morgan fingerprint density at radius 1 is 0.447 bits per heavy atom. The van der Waals surface area contributed by atoms with Gasteiger partial charge in [-0.15, -0.1) is 0 Å². The Balaban J connectivity index is 3.18. The SMILES string of the molecule is CCCCCCCCC/C=C/CCCCCCCCCCCCCCCCCCCO[Si](C)(C)C(C)(C)C. The summed E-state index contributed by atoms with van der Waals surface area (Å²) in [6, 6.07) is 0. The smallest absolute Gasteiger partial charge is 0.191 e. The molecule has 0 N–H and O–H groups in total. The van der Waals surface area contributed by atoms with Gasteiger partial charge in [-0.1, -0.05) is 175 Å². The van der Waals surface area contributed by atoms with Crippen LogP contribution in [0.25, 0.3) is 0 Å². The normalized spacial score (nSPS) is 12.7. The van der Waals surface area contributed by atoms with Gasteiger partial charge in [0.15, 0.2) is 8.32 Å². The van der Waals surface area contributed by atoms with Gasteiger partial charge in [0, 0.05) is 6.61 Å². The maximum Gasteiger partial charge on any atom is 0.191 e. The van der Waals surface area contributed by atoms with Crippen LogP contribution in [0.4, 0.5) is 0 Å². The van der Waals surface area contributed by atoms with E-state index < -0.39 is 8.32 Å². The molecule has 1 nitrogen and oxygen atoms in total. The Labute approximate surface area is 243 Å². The van der Waals surface area contributed by atoms with Crippen molar-refractivity contribution >= 4 is 8.32 Å². The van der Waals surface area contributed by atoms with Gasteiger partial charge in [-0.25, -0.2) is 0 Å². The second-order valence-corrected chi connectivity index (χ2v) is 18.6. The lowest BCUT2D eigenvalue weighted by Gasteiger charge is -2.36. The summed E-state index contributed by atoms with van der Waals surface area (Å²) in [7, 11) is -1.53. The van der Waals surface area contributed by atoms with Crippen molar-refractivity contribution in [3.63, 3.8) is 0 Å². The standard InChI is InChI=1S/C36H74OSi/c1-7-8-9-10-11-12-13-14-15-16-17-18-19-20-21-22-23-24-25-26-27-28-29-30-31-32-33-34-35-37-38(5,6)36(2,3)4/h15-16H,7-14,17-35H2,1-6H3/b16-15+. The molecular formula is C36H74OSi. The van der Waals surface area contributed by atoms with Gasteiger partial charge in [-0.3, -0.25) is 0 Å². The third-order valence-corrected chi connectivity index (χ3v) is 13.5. The molecule has 0 aromatic carbocycles. The maximum atomic E-state index is 6.29. The molecule has 0 aromatic rings. The molecule has 2 heteroatoms. The van der Waals surface area contributed by atoms with E-state index in [4.69, 9.17) is 4.43 Å². The number of allylic oxidation sites excluding steroid dienone is 2. The number of unbranched alkanes of at least 4 members (excludes halogenated alkanes) is 24. The summed E-state index contributed by atoms with van der Waals surface area (Å²) >= 11 is 0. The van der Waals surface area contributed by atoms with Gasteiger partial charge in [-0.05, 0) is 50.2 Å². The van der Waals surface area contributed by atoms with Crippen molar-refractivity contribution in [1.29, 1.82) is 0 Å². The molecule has 0 aliphatic carbocycles. The minimum Gasteiger partial charge on any atom is -0.417 e. The predicted octanol–water partition coefficient (Wildman–Crippen LogP) is 13.7. The molecule has 38 heavy (non-hydrogen) atoms. The molecule has 0 spiro atoms. The molecule has 0 atom stereocenters. The second-order valence-electron chi connectivity index (χ2n) is 13.8. The van der Waals surface area contributed by atoms with Crippen LogP contribution in [0.5, 0.6) is 0 Å². The van der Waals surface area contributed by atoms with Crippen molar-refractivity contribution in [1.82, 2.24) is 0 Å². The van der Waals surface area contributed by atoms with E-state index >= 15 is 0 Å². The molecule has 0 aliphatic rings. The van der Waals surface area contributed by atoms with E-state index in [2.05, 4.69) is 52.9 Å². The zero-order valence-corrected chi connectivity index (χ0v) is 28.7. The van der Waals surface area contributed by atoms with Crippen LogP contribution in [-0.2, 0) is 4.43 Å². The number of rotatable bonds is 29. The molecule has 0 fully saturated rings. The fourth-order valence-corrected chi connectivity index (χ4v) is 6.10. The molecule has 0 saturated carbocycles. The van der Waals surface area contributed by atoms with E-state index in [1.807, 2.05) is 0 Å². The monoisotopic (exact) mass is 551 g/mol. The van der Waals surface area contributed by atoms with Crippen molar-refractivity contribution in [3.05, 3.63) is 12.2 Å². The highest BCUT2D eigenvalue weighted by Gasteiger charge is 2.36. The minimum absolute atomic E-state index is 0.344. The van der Waals surface area contributed by atoms with Gasteiger partial charge in [0.05, 0.1) is 0 Å². The first-order valence-corrected chi connectivity index (χ1v) is 20.5. The van der Waals surface area contributed by atoms with Crippen molar-refractivity contribution in [2.24, 2.45) is 0 Å². The Morgan fingerprint density at radius 2 is 0.737 bits per heavy atom. The third-order valence-electron chi connectivity index (χ3n) is 8.93. The molecule has 0 rings (SSSR count). The van der Waals surface area contributed by atoms with Crippen molar-refractivity contribution < 1.29 is 4.43 Å². The van der Waals surface area contributed by atoms with Crippen LogP contribution in [-0.4, -0.2) is 14.9 Å². The zero-order valence-electron chi connectivity index (χ0n) is 27.7. The summed E-state index contributed by atoms with van der Waals surface area (Å²) in [6.07, 6.45) is 41.8. The molecule has 0 saturated heterocycles. The maximum absolute atomic E-state index is 6.29. The molecule has 0 radical (unpaired) electrons. The largest absolute Gasteiger partial charge is 0.417 e. The van der Waals surface area contributed by atoms with Crippen LogP contribution in [0.1, 0.15) is 195 Å². The quantitative estimate of drug-likeness (QED) is 0.0511. The summed E-state index contributed by atoms with van der Waals surface area (Å²) in [5, 5.41) is 0.344. The Bertz CT molecular complexity index is 490. The Morgan fingerprint density at radius 3 is 1.05 bits per heavy atom. The molecule has 0 bridgehead atoms. The average Bonchev–Trinajstić information content (AvgIpc) is 2.87. The highest BCUT2D eigenvalue weighted by Crippen LogP contribution is 2.36. The van der Waals surface area contributed by atoms with E-state index in [0.29, 0.717) is 5.04 Å². The molecule has 0 heterocycles. The summed E-state index contributed by atoms with van der Waals surface area (Å²) < 4.78 is 6.29. The first kappa shape index (κ1) is 37.9. The van der Waals surface area contributed by atoms with Gasteiger partial charge in [0.2, 0.25) is 0 Å². The Hall–Kier alpha value is -0.0831. The van der Waals surface area contributed by atoms with Gasteiger partial charge in [-0.2, -0.15) is 0 Å². The second kappa shape index (κ2) is 27.1. The average molecular weight is 551 g/mol. The van der Waals surface area contributed by atoms with Crippen molar-refractivity contribution in [2.45, 2.75) is 213 Å². The highest BCUT2D eigenvalue weighted by molar-refractivity contribution is 6.74. The van der Waals surface area contributed by atoms with Crippen LogP contribution in [0.3, 0.4) is 0 Å². The molecule has 228 valence electrons. The molecule has 0 amide bonds. The molecule has 0 aromatic heterocycles. The number of hydrogen-bond acceptors (Lipinski definition) is 1. The van der Waals surface area contributed by atoms with E-state index in [0.717, 1.165) is 6.61 Å². The fraction of sp³-hybridized carbons (Fsp3) is 0.944. The lowest BCUT2D eigenvalue weighted by molar-refractivity contribution is 0.277. The van der Waals surface area contributed by atoms with E-state index in [1.54, 1.807) is 0 Å². The van der Waals surface area contributed by atoms with Crippen molar-refractivity contribution in [3.8, 4) is 0 Å². The van der Waals surface area contributed by atoms with Crippen LogP contribution < -0.4 is 0 Å². The summed E-state index contributed by atoms with van der Waals surface area (Å²) in [5.41, 5.74) is 0. The van der Waals surface area contributed by atoms with Crippen molar-refractivity contribution in [2.75, 3.05) is 6.61 Å². The molecule has 0 aliphatic heterocycles.